The van der Waals surface area contributed by atoms with E-state index in [0.717, 1.165) is 17.7 Å². The summed E-state index contributed by atoms with van der Waals surface area (Å²) in [6.07, 6.45) is 0.293. The van der Waals surface area contributed by atoms with Crippen LogP contribution in [0.1, 0.15) is 5.56 Å². The molecule has 22 heavy (non-hydrogen) atoms. The van der Waals surface area contributed by atoms with Crippen molar-refractivity contribution in [3.05, 3.63) is 59.7 Å². The van der Waals surface area contributed by atoms with Gasteiger partial charge in [0.2, 0.25) is 0 Å². The molecular weight excluding hydrogens is 290 g/mol. The van der Waals surface area contributed by atoms with Crippen LogP contribution in [0.15, 0.2) is 42.5 Å². The number of ether oxygens (including phenoxy) is 1. The van der Waals surface area contributed by atoms with Crippen LogP contribution in [0, 0.1) is 23.0 Å². The predicted octanol–water partition coefficient (Wildman–Crippen LogP) is 3.05. The molecule has 0 fully saturated rings. The molecule has 0 radical (unpaired) electrons. The molecule has 0 aliphatic rings. The molecular formula is C16H12F2N2O2. The number of hydrogen-bond acceptors (Lipinski definition) is 3. The fourth-order valence-electron chi connectivity index (χ4n) is 1.73. The first-order chi connectivity index (χ1) is 10.6. The zero-order chi connectivity index (χ0) is 15.9. The molecule has 2 aromatic rings. The van der Waals surface area contributed by atoms with E-state index in [1.54, 1.807) is 24.3 Å². The average Bonchev–Trinajstić information content (AvgIpc) is 2.49. The van der Waals surface area contributed by atoms with Crippen molar-refractivity contribution in [2.24, 2.45) is 0 Å². The predicted molar refractivity (Wildman–Crippen MR) is 76.2 cm³/mol. The maximum atomic E-state index is 13.3. The second-order valence-electron chi connectivity index (χ2n) is 4.44. The van der Waals surface area contributed by atoms with Gasteiger partial charge in [-0.2, -0.15) is 5.26 Å². The number of halogens is 2. The highest BCUT2D eigenvalue weighted by Gasteiger charge is 2.08. The Morgan fingerprint density at radius 2 is 1.91 bits per heavy atom. The second kappa shape index (κ2) is 7.18. The number of rotatable bonds is 5. The van der Waals surface area contributed by atoms with Crippen LogP contribution in [0.2, 0.25) is 0 Å². The molecule has 4 nitrogen and oxygen atoms in total. The number of nitrogens with zero attached hydrogens (tertiary/aromatic N) is 1. The standard InChI is InChI=1S/C16H12F2N2O2/c17-12-3-6-15(14(18)9-12)22-10-16(21)20-13-4-1-11(2-5-13)7-8-19/h1-6,9H,7,10H2,(H,20,21). The molecule has 0 aliphatic heterocycles. The van der Waals surface area contributed by atoms with Gasteiger partial charge in [0.1, 0.15) is 5.82 Å². The van der Waals surface area contributed by atoms with Crippen molar-refractivity contribution >= 4 is 11.6 Å². The number of nitrogens with one attached hydrogen (secondary N) is 1. The Morgan fingerprint density at radius 3 is 2.55 bits per heavy atom. The summed E-state index contributed by atoms with van der Waals surface area (Å²) in [5, 5.41) is 11.1. The minimum absolute atomic E-state index is 0.194. The van der Waals surface area contributed by atoms with Crippen molar-refractivity contribution < 1.29 is 18.3 Å². The molecule has 1 N–H and O–H groups in total. The van der Waals surface area contributed by atoms with E-state index in [1.807, 2.05) is 6.07 Å². The summed E-state index contributed by atoms with van der Waals surface area (Å²) in [6, 6.07) is 11.6. The topological polar surface area (TPSA) is 62.1 Å². The van der Waals surface area contributed by atoms with Crippen LogP contribution in [0.3, 0.4) is 0 Å². The molecule has 2 rings (SSSR count). The molecule has 0 atom stereocenters. The average molecular weight is 302 g/mol. The third kappa shape index (κ3) is 4.28. The normalized spacial score (nSPS) is 9.86. The van der Waals surface area contributed by atoms with Crippen LogP contribution in [0.25, 0.3) is 0 Å². The highest BCUT2D eigenvalue weighted by molar-refractivity contribution is 5.91. The van der Waals surface area contributed by atoms with E-state index in [0.29, 0.717) is 18.2 Å². The minimum atomic E-state index is -0.867. The highest BCUT2D eigenvalue weighted by Crippen LogP contribution is 2.17. The van der Waals surface area contributed by atoms with Crippen LogP contribution >= 0.6 is 0 Å². The minimum Gasteiger partial charge on any atom is -0.481 e. The summed E-state index contributed by atoms with van der Waals surface area (Å²) in [5.41, 5.74) is 1.38. The first-order valence-electron chi connectivity index (χ1n) is 6.42. The number of benzene rings is 2. The van der Waals surface area contributed by atoms with Crippen LogP contribution in [0.5, 0.6) is 5.75 Å². The fourth-order valence-corrected chi connectivity index (χ4v) is 1.73. The molecule has 1 amide bonds. The van der Waals surface area contributed by atoms with Crippen LogP contribution < -0.4 is 10.1 Å². The summed E-state index contributed by atoms with van der Waals surface area (Å²) in [4.78, 5) is 11.7. The van der Waals surface area contributed by atoms with Gasteiger partial charge in [0.05, 0.1) is 12.5 Å². The van der Waals surface area contributed by atoms with Gasteiger partial charge in [0, 0.05) is 11.8 Å². The SMILES string of the molecule is N#CCc1ccc(NC(=O)COc2ccc(F)cc2F)cc1. The Labute approximate surface area is 125 Å². The quantitative estimate of drug-likeness (QED) is 0.923. The number of nitriles is 1. The van der Waals surface area contributed by atoms with E-state index in [4.69, 9.17) is 10.00 Å². The van der Waals surface area contributed by atoms with E-state index in [2.05, 4.69) is 5.32 Å². The van der Waals surface area contributed by atoms with Gasteiger partial charge < -0.3 is 10.1 Å². The maximum Gasteiger partial charge on any atom is 0.262 e. The van der Waals surface area contributed by atoms with Crippen molar-refractivity contribution in [3.8, 4) is 11.8 Å². The van der Waals surface area contributed by atoms with Crippen LogP contribution in [0.4, 0.5) is 14.5 Å². The summed E-state index contributed by atoms with van der Waals surface area (Å²) < 4.78 is 31.0. The van der Waals surface area contributed by atoms with Gasteiger partial charge >= 0.3 is 0 Å². The summed E-state index contributed by atoms with van der Waals surface area (Å²) in [7, 11) is 0. The first kappa shape index (κ1) is 15.4. The molecule has 0 spiro atoms. The Kier molecular flexibility index (Phi) is 5.04. The van der Waals surface area contributed by atoms with Gasteiger partial charge in [-0.1, -0.05) is 12.1 Å². The van der Waals surface area contributed by atoms with E-state index in [-0.39, 0.29) is 5.75 Å². The van der Waals surface area contributed by atoms with Gasteiger partial charge in [0.25, 0.3) is 5.91 Å². The first-order valence-corrected chi connectivity index (χ1v) is 6.42. The zero-order valence-corrected chi connectivity index (χ0v) is 11.5. The number of anilines is 1. The van der Waals surface area contributed by atoms with E-state index >= 15 is 0 Å². The molecule has 0 bridgehead atoms. The lowest BCUT2D eigenvalue weighted by Crippen LogP contribution is -2.20. The van der Waals surface area contributed by atoms with Crippen molar-refractivity contribution in [1.29, 1.82) is 5.26 Å². The monoisotopic (exact) mass is 302 g/mol. The van der Waals surface area contributed by atoms with Crippen molar-refractivity contribution in [2.75, 3.05) is 11.9 Å². The Balaban J connectivity index is 1.89. The van der Waals surface area contributed by atoms with Gasteiger partial charge in [-0.15, -0.1) is 0 Å². The lowest BCUT2D eigenvalue weighted by atomic mass is 10.1. The zero-order valence-electron chi connectivity index (χ0n) is 11.5. The smallest absolute Gasteiger partial charge is 0.262 e. The molecule has 0 heterocycles. The second-order valence-corrected chi connectivity index (χ2v) is 4.44. The van der Waals surface area contributed by atoms with Gasteiger partial charge in [0.15, 0.2) is 18.2 Å². The van der Waals surface area contributed by atoms with E-state index in [1.165, 1.54) is 0 Å². The Bertz CT molecular complexity index is 709. The lowest BCUT2D eigenvalue weighted by molar-refractivity contribution is -0.118. The van der Waals surface area contributed by atoms with Gasteiger partial charge in [-0.25, -0.2) is 8.78 Å². The summed E-state index contributed by atoms with van der Waals surface area (Å²) >= 11 is 0. The number of carbonyl (C=O) groups excluding carboxylic acids is 1. The third-order valence-corrected chi connectivity index (χ3v) is 2.77. The van der Waals surface area contributed by atoms with Gasteiger partial charge in [-0.05, 0) is 29.8 Å². The summed E-state index contributed by atoms with van der Waals surface area (Å²) in [5.74, 6) is -2.25. The third-order valence-electron chi connectivity index (χ3n) is 2.77. The number of carbonyl (C=O) groups is 1. The molecule has 6 heteroatoms. The van der Waals surface area contributed by atoms with Crippen molar-refractivity contribution in [2.45, 2.75) is 6.42 Å². The molecule has 0 aromatic heterocycles. The molecule has 112 valence electrons. The van der Waals surface area contributed by atoms with Crippen LogP contribution in [-0.4, -0.2) is 12.5 Å². The van der Waals surface area contributed by atoms with Gasteiger partial charge in [-0.3, -0.25) is 4.79 Å². The Morgan fingerprint density at radius 1 is 1.18 bits per heavy atom. The highest BCUT2D eigenvalue weighted by atomic mass is 19.1. The largest absolute Gasteiger partial charge is 0.481 e. The number of hydrogen-bond donors (Lipinski definition) is 1. The molecule has 0 aliphatic carbocycles. The summed E-state index contributed by atoms with van der Waals surface area (Å²) in [6.45, 7) is -0.400. The van der Waals surface area contributed by atoms with Crippen LogP contribution in [-0.2, 0) is 11.2 Å². The van der Waals surface area contributed by atoms with Crippen molar-refractivity contribution in [3.63, 3.8) is 0 Å². The molecule has 0 unspecified atom stereocenters. The molecule has 0 saturated carbocycles. The maximum absolute atomic E-state index is 13.3. The Hall–Kier alpha value is -2.94. The number of amides is 1. The lowest BCUT2D eigenvalue weighted by Gasteiger charge is -2.08. The fraction of sp³-hybridized carbons (Fsp3) is 0.125. The molecule has 2 aromatic carbocycles. The molecule has 0 saturated heterocycles. The van der Waals surface area contributed by atoms with Crippen molar-refractivity contribution in [1.82, 2.24) is 0 Å². The van der Waals surface area contributed by atoms with E-state index < -0.39 is 24.1 Å². The van der Waals surface area contributed by atoms with E-state index in [9.17, 15) is 13.6 Å².